The first-order valence-electron chi connectivity index (χ1n) is 11.0. The number of carbonyl (C=O) groups is 1. The van der Waals surface area contributed by atoms with E-state index >= 15 is 0 Å². The second-order valence-corrected chi connectivity index (χ2v) is 8.10. The first-order chi connectivity index (χ1) is 15.5. The van der Waals surface area contributed by atoms with Gasteiger partial charge in [-0.3, -0.25) is 4.79 Å². The number of carbonyl (C=O) groups excluding carboxylic acids is 1. The van der Waals surface area contributed by atoms with Gasteiger partial charge in [0.25, 0.3) is 5.91 Å². The third kappa shape index (κ3) is 5.59. The van der Waals surface area contributed by atoms with E-state index in [4.69, 9.17) is 17.0 Å². The van der Waals surface area contributed by atoms with Crippen LogP contribution in [-0.2, 0) is 11.2 Å². The van der Waals surface area contributed by atoms with Crippen LogP contribution in [0.1, 0.15) is 37.9 Å². The molecule has 0 aromatic heterocycles. The molecule has 1 atom stereocenters. The second kappa shape index (κ2) is 11.0. The molecule has 6 nitrogen and oxygen atoms in total. The molecule has 0 saturated heterocycles. The summed E-state index contributed by atoms with van der Waals surface area (Å²) in [4.78, 5) is 15.4. The highest BCUT2D eigenvalue weighted by molar-refractivity contribution is 7.80. The number of amides is 1. The Morgan fingerprint density at radius 3 is 2.34 bits per heavy atom. The van der Waals surface area contributed by atoms with Gasteiger partial charge in [0.2, 0.25) is 0 Å². The molecular formula is C25H32N4O2S. The highest BCUT2D eigenvalue weighted by atomic mass is 32.1. The SMILES string of the molecule is CCN(CC)c1ccc(C2NC(=S)NC(C)=C2C(=O)NCCc2ccc(OC)cc2)cc1. The lowest BCUT2D eigenvalue weighted by atomic mass is 9.94. The van der Waals surface area contributed by atoms with Crippen LogP contribution in [0, 0.1) is 0 Å². The number of hydrogen-bond acceptors (Lipinski definition) is 4. The van der Waals surface area contributed by atoms with E-state index in [2.05, 4.69) is 59.0 Å². The Balaban J connectivity index is 1.72. The maximum Gasteiger partial charge on any atom is 0.251 e. The maximum atomic E-state index is 13.1. The fourth-order valence-electron chi connectivity index (χ4n) is 3.92. The van der Waals surface area contributed by atoms with Crippen molar-refractivity contribution in [2.75, 3.05) is 31.6 Å². The summed E-state index contributed by atoms with van der Waals surface area (Å²) in [6.07, 6.45) is 0.741. The summed E-state index contributed by atoms with van der Waals surface area (Å²) in [6.45, 7) is 8.62. The van der Waals surface area contributed by atoms with Gasteiger partial charge in [0, 0.05) is 31.0 Å². The fraction of sp³-hybridized carbons (Fsp3) is 0.360. The van der Waals surface area contributed by atoms with Gasteiger partial charge in [-0.2, -0.15) is 0 Å². The van der Waals surface area contributed by atoms with Gasteiger partial charge in [-0.15, -0.1) is 0 Å². The van der Waals surface area contributed by atoms with Crippen molar-refractivity contribution in [1.29, 1.82) is 0 Å². The Morgan fingerprint density at radius 1 is 1.09 bits per heavy atom. The minimum atomic E-state index is -0.296. The number of anilines is 1. The number of rotatable bonds is 9. The molecule has 3 rings (SSSR count). The normalized spacial score (nSPS) is 15.6. The Morgan fingerprint density at radius 2 is 1.75 bits per heavy atom. The zero-order valence-corrected chi connectivity index (χ0v) is 20.0. The topological polar surface area (TPSA) is 65.6 Å². The van der Waals surface area contributed by atoms with E-state index in [0.29, 0.717) is 17.2 Å². The molecule has 1 unspecified atom stereocenters. The molecule has 1 aliphatic heterocycles. The van der Waals surface area contributed by atoms with E-state index in [1.807, 2.05) is 31.2 Å². The summed E-state index contributed by atoms with van der Waals surface area (Å²) in [5, 5.41) is 9.95. The molecule has 1 aliphatic rings. The van der Waals surface area contributed by atoms with Gasteiger partial charge in [-0.25, -0.2) is 0 Å². The molecule has 7 heteroatoms. The van der Waals surface area contributed by atoms with Crippen molar-refractivity contribution >= 4 is 28.9 Å². The number of nitrogens with one attached hydrogen (secondary N) is 3. The molecule has 2 aromatic rings. The predicted molar refractivity (Wildman–Crippen MR) is 134 cm³/mol. The molecule has 1 amide bonds. The highest BCUT2D eigenvalue weighted by Gasteiger charge is 2.29. The van der Waals surface area contributed by atoms with Gasteiger partial charge in [0.15, 0.2) is 5.11 Å². The largest absolute Gasteiger partial charge is 0.497 e. The van der Waals surface area contributed by atoms with Crippen LogP contribution in [0.25, 0.3) is 0 Å². The van der Waals surface area contributed by atoms with E-state index in [1.165, 1.54) is 5.69 Å². The molecular weight excluding hydrogens is 420 g/mol. The van der Waals surface area contributed by atoms with E-state index in [-0.39, 0.29) is 11.9 Å². The van der Waals surface area contributed by atoms with Gasteiger partial charge in [0.1, 0.15) is 5.75 Å². The monoisotopic (exact) mass is 452 g/mol. The Hall–Kier alpha value is -3.06. The fourth-order valence-corrected chi connectivity index (χ4v) is 4.19. The lowest BCUT2D eigenvalue weighted by Crippen LogP contribution is -2.47. The first-order valence-corrected chi connectivity index (χ1v) is 11.4. The molecule has 2 aromatic carbocycles. The zero-order chi connectivity index (χ0) is 23.1. The van der Waals surface area contributed by atoms with Crippen molar-refractivity contribution in [1.82, 2.24) is 16.0 Å². The van der Waals surface area contributed by atoms with Gasteiger partial charge in [-0.1, -0.05) is 24.3 Å². The maximum absolute atomic E-state index is 13.1. The third-order valence-corrected chi connectivity index (χ3v) is 5.95. The Kier molecular flexibility index (Phi) is 8.11. The smallest absolute Gasteiger partial charge is 0.251 e. The van der Waals surface area contributed by atoms with E-state index in [1.54, 1.807) is 7.11 Å². The van der Waals surface area contributed by atoms with Crippen molar-refractivity contribution < 1.29 is 9.53 Å². The summed E-state index contributed by atoms with van der Waals surface area (Å²) in [5.74, 6) is 0.722. The molecule has 32 heavy (non-hydrogen) atoms. The molecule has 0 spiro atoms. The van der Waals surface area contributed by atoms with Crippen LogP contribution in [0.2, 0.25) is 0 Å². The molecule has 1 heterocycles. The lowest BCUT2D eigenvalue weighted by Gasteiger charge is -2.31. The van der Waals surface area contributed by atoms with Crippen molar-refractivity contribution in [2.24, 2.45) is 0 Å². The van der Waals surface area contributed by atoms with Gasteiger partial charge >= 0.3 is 0 Å². The van der Waals surface area contributed by atoms with E-state index in [9.17, 15) is 4.79 Å². The second-order valence-electron chi connectivity index (χ2n) is 7.69. The van der Waals surface area contributed by atoms with Crippen LogP contribution in [-0.4, -0.2) is 37.8 Å². The first kappa shape index (κ1) is 23.6. The number of ether oxygens (including phenoxy) is 1. The number of methoxy groups -OCH3 is 1. The van der Waals surface area contributed by atoms with Crippen molar-refractivity contribution in [3.63, 3.8) is 0 Å². The molecule has 170 valence electrons. The zero-order valence-electron chi connectivity index (χ0n) is 19.2. The third-order valence-electron chi connectivity index (χ3n) is 5.73. The highest BCUT2D eigenvalue weighted by Crippen LogP contribution is 2.28. The Labute approximate surface area is 196 Å². The minimum absolute atomic E-state index is 0.101. The molecule has 0 bridgehead atoms. The van der Waals surface area contributed by atoms with Crippen LogP contribution in [0.15, 0.2) is 59.8 Å². The number of thiocarbonyl (C=S) groups is 1. The summed E-state index contributed by atoms with van der Waals surface area (Å²) >= 11 is 5.37. The van der Waals surface area contributed by atoms with Crippen LogP contribution in [0.3, 0.4) is 0 Å². The van der Waals surface area contributed by atoms with Crippen molar-refractivity contribution in [3.05, 3.63) is 70.9 Å². The average molecular weight is 453 g/mol. The minimum Gasteiger partial charge on any atom is -0.497 e. The van der Waals surface area contributed by atoms with Crippen molar-refractivity contribution in [2.45, 2.75) is 33.2 Å². The van der Waals surface area contributed by atoms with Crippen LogP contribution in [0.4, 0.5) is 5.69 Å². The quantitative estimate of drug-likeness (QED) is 0.505. The number of hydrogen-bond donors (Lipinski definition) is 3. The van der Waals surface area contributed by atoms with Gasteiger partial charge in [-0.05, 0) is 74.8 Å². The summed E-state index contributed by atoms with van der Waals surface area (Å²) in [5.41, 5.74) is 4.74. The average Bonchev–Trinajstić information content (AvgIpc) is 2.80. The van der Waals surface area contributed by atoms with Crippen LogP contribution < -0.4 is 25.6 Å². The van der Waals surface area contributed by atoms with Gasteiger partial charge < -0.3 is 25.6 Å². The molecule has 3 N–H and O–H groups in total. The van der Waals surface area contributed by atoms with Crippen LogP contribution in [0.5, 0.6) is 5.75 Å². The molecule has 0 aliphatic carbocycles. The predicted octanol–water partition coefficient (Wildman–Crippen LogP) is 3.69. The number of benzene rings is 2. The summed E-state index contributed by atoms with van der Waals surface area (Å²) < 4.78 is 5.20. The molecule has 0 saturated carbocycles. The number of allylic oxidation sites excluding steroid dienone is 1. The number of nitrogens with zero attached hydrogens (tertiary/aromatic N) is 1. The van der Waals surface area contributed by atoms with Crippen LogP contribution >= 0.6 is 12.2 Å². The summed E-state index contributed by atoms with van der Waals surface area (Å²) in [7, 11) is 1.65. The van der Waals surface area contributed by atoms with E-state index in [0.717, 1.165) is 42.1 Å². The van der Waals surface area contributed by atoms with Gasteiger partial charge in [0.05, 0.1) is 18.7 Å². The Bertz CT molecular complexity index is 966. The van der Waals surface area contributed by atoms with E-state index < -0.39 is 0 Å². The summed E-state index contributed by atoms with van der Waals surface area (Å²) in [6, 6.07) is 15.9. The molecule has 0 radical (unpaired) electrons. The van der Waals surface area contributed by atoms with Crippen molar-refractivity contribution in [3.8, 4) is 5.75 Å². The molecule has 0 fully saturated rings. The lowest BCUT2D eigenvalue weighted by molar-refractivity contribution is -0.117. The standard InChI is InChI=1S/C25H32N4O2S/c1-5-29(6-2)20-11-9-19(10-12-20)23-22(17(3)27-25(32)28-23)24(30)26-16-15-18-7-13-21(31-4)14-8-18/h7-14,23H,5-6,15-16H2,1-4H3,(H,26,30)(H2,27,28,32).